The zero-order valence-corrected chi connectivity index (χ0v) is 19.7. The molecule has 5 rings (SSSR count). The maximum Gasteiger partial charge on any atom is 0.274 e. The first-order valence-electron chi connectivity index (χ1n) is 11.1. The lowest BCUT2D eigenvalue weighted by Gasteiger charge is -2.26. The van der Waals surface area contributed by atoms with Gasteiger partial charge in [0.25, 0.3) is 5.91 Å². The fraction of sp³-hybridized carbons (Fsp3) is 0.375. The zero-order chi connectivity index (χ0) is 22.8. The molecule has 2 aliphatic heterocycles. The molecule has 1 fully saturated rings. The van der Waals surface area contributed by atoms with E-state index in [0.29, 0.717) is 50.2 Å². The lowest BCUT2D eigenvalue weighted by Crippen LogP contribution is -2.41. The number of morpholine rings is 1. The number of carbonyl (C=O) groups is 1. The maximum atomic E-state index is 13.4. The minimum Gasteiger partial charge on any atom is -0.476 e. The molecule has 4 heterocycles. The molecule has 1 aromatic carbocycles. The molecule has 9 heteroatoms. The van der Waals surface area contributed by atoms with E-state index >= 15 is 0 Å². The lowest BCUT2D eigenvalue weighted by molar-refractivity contribution is 0.0298. The van der Waals surface area contributed by atoms with Crippen LogP contribution in [0.3, 0.4) is 0 Å². The topological polar surface area (TPSA) is 72.7 Å². The number of thioether (sulfide) groups is 1. The average Bonchev–Trinajstić information content (AvgIpc) is 3.24. The highest BCUT2D eigenvalue weighted by Gasteiger charge is 2.32. The van der Waals surface area contributed by atoms with Gasteiger partial charge in [0, 0.05) is 53.7 Å². The Hall–Kier alpha value is -2.88. The molecule has 2 aromatic heterocycles. The van der Waals surface area contributed by atoms with Gasteiger partial charge in [-0.2, -0.15) is 5.10 Å². The molecule has 172 valence electrons. The number of hydrogen-bond donors (Lipinski definition) is 0. The van der Waals surface area contributed by atoms with Gasteiger partial charge in [-0.05, 0) is 26.2 Å². The Labute approximate surface area is 197 Å². The molecule has 0 atom stereocenters. The Morgan fingerprint density at radius 3 is 2.85 bits per heavy atom. The third kappa shape index (κ3) is 4.48. The Bertz CT molecular complexity index is 1160. The molecule has 0 N–H and O–H groups in total. The van der Waals surface area contributed by atoms with Gasteiger partial charge in [0.2, 0.25) is 5.88 Å². The van der Waals surface area contributed by atoms with Crippen LogP contribution in [0.25, 0.3) is 16.9 Å². The highest BCUT2D eigenvalue weighted by molar-refractivity contribution is 7.98. The Balaban J connectivity index is 1.57. The van der Waals surface area contributed by atoms with Crippen molar-refractivity contribution in [1.29, 1.82) is 0 Å². The Morgan fingerprint density at radius 2 is 2.03 bits per heavy atom. The number of benzene rings is 1. The third-order valence-electron chi connectivity index (χ3n) is 5.75. The minimum atomic E-state index is -0.0372. The first-order valence-corrected chi connectivity index (χ1v) is 12.1. The number of nitrogens with zero attached hydrogens (tertiary/aromatic N) is 5. The normalized spacial score (nSPS) is 15.3. The largest absolute Gasteiger partial charge is 0.476 e. The molecule has 8 nitrogen and oxygen atoms in total. The van der Waals surface area contributed by atoms with Gasteiger partial charge in [0.15, 0.2) is 5.69 Å². The number of ether oxygens (including phenoxy) is 2. The summed E-state index contributed by atoms with van der Waals surface area (Å²) in [5, 5.41) is 4.87. The van der Waals surface area contributed by atoms with Crippen molar-refractivity contribution in [3.63, 3.8) is 0 Å². The SMILES string of the molecule is CN(C)CCOc1cc(-n2nc(C(=O)N3CCOCC3)c3c2-c2ccccc2SC3)ccn1. The van der Waals surface area contributed by atoms with Crippen LogP contribution in [0, 0.1) is 0 Å². The summed E-state index contributed by atoms with van der Waals surface area (Å²) in [6, 6.07) is 12.1. The van der Waals surface area contributed by atoms with E-state index in [-0.39, 0.29) is 5.91 Å². The smallest absolute Gasteiger partial charge is 0.274 e. The molecule has 0 aliphatic carbocycles. The van der Waals surface area contributed by atoms with Crippen LogP contribution >= 0.6 is 11.8 Å². The second-order valence-corrected chi connectivity index (χ2v) is 9.30. The first-order chi connectivity index (χ1) is 16.1. The molecule has 0 unspecified atom stereocenters. The van der Waals surface area contributed by atoms with Crippen LogP contribution < -0.4 is 4.74 Å². The molecule has 0 radical (unpaired) electrons. The molecule has 0 saturated carbocycles. The molecule has 0 bridgehead atoms. The Kier molecular flexibility index (Phi) is 6.34. The lowest BCUT2D eigenvalue weighted by atomic mass is 10.0. The van der Waals surface area contributed by atoms with E-state index in [1.165, 1.54) is 4.90 Å². The fourth-order valence-corrected chi connectivity index (χ4v) is 5.09. The Morgan fingerprint density at radius 1 is 1.21 bits per heavy atom. The molecule has 0 spiro atoms. The van der Waals surface area contributed by atoms with Gasteiger partial charge in [-0.25, -0.2) is 9.67 Å². The summed E-state index contributed by atoms with van der Waals surface area (Å²) in [6.07, 6.45) is 1.72. The monoisotopic (exact) mass is 465 g/mol. The average molecular weight is 466 g/mol. The number of hydrogen-bond acceptors (Lipinski definition) is 7. The van der Waals surface area contributed by atoms with Gasteiger partial charge in [0.05, 0.1) is 24.6 Å². The number of amides is 1. The predicted molar refractivity (Wildman–Crippen MR) is 127 cm³/mol. The van der Waals surface area contributed by atoms with Gasteiger partial charge in [0.1, 0.15) is 6.61 Å². The van der Waals surface area contributed by atoms with Crippen molar-refractivity contribution in [2.75, 3.05) is 53.6 Å². The molecule has 1 amide bonds. The number of rotatable bonds is 6. The second kappa shape index (κ2) is 9.54. The predicted octanol–water partition coefficient (Wildman–Crippen LogP) is 2.95. The van der Waals surface area contributed by atoms with Crippen LogP contribution in [0.5, 0.6) is 5.88 Å². The van der Waals surface area contributed by atoms with Crippen LogP contribution in [-0.2, 0) is 10.5 Å². The van der Waals surface area contributed by atoms with Crippen molar-refractivity contribution in [3.05, 3.63) is 53.9 Å². The van der Waals surface area contributed by atoms with Gasteiger partial charge in [-0.3, -0.25) is 4.79 Å². The fourth-order valence-electron chi connectivity index (χ4n) is 4.02. The number of aromatic nitrogens is 3. The summed E-state index contributed by atoms with van der Waals surface area (Å²) < 4.78 is 13.2. The van der Waals surface area contributed by atoms with Gasteiger partial charge >= 0.3 is 0 Å². The second-order valence-electron chi connectivity index (χ2n) is 8.28. The van der Waals surface area contributed by atoms with E-state index in [1.807, 2.05) is 47.9 Å². The number of fused-ring (bicyclic) bond motifs is 3. The highest BCUT2D eigenvalue weighted by Crippen LogP contribution is 2.43. The van der Waals surface area contributed by atoms with E-state index in [1.54, 1.807) is 18.0 Å². The number of likely N-dealkylation sites (N-methyl/N-ethyl adjacent to an activating group) is 1. The quantitative estimate of drug-likeness (QED) is 0.554. The van der Waals surface area contributed by atoms with Crippen molar-refractivity contribution in [2.24, 2.45) is 0 Å². The van der Waals surface area contributed by atoms with Crippen molar-refractivity contribution >= 4 is 17.7 Å². The van der Waals surface area contributed by atoms with E-state index in [4.69, 9.17) is 14.6 Å². The standard InChI is InChI=1S/C24H27N5O3S/c1-27(2)9-14-32-21-15-17(7-8-25-21)29-23-18-5-3-4-6-20(18)33-16-19(23)22(26-29)24(30)28-10-12-31-13-11-28/h3-8,15H,9-14,16H2,1-2H3. The molecule has 3 aromatic rings. The van der Waals surface area contributed by atoms with E-state index in [2.05, 4.69) is 22.0 Å². The van der Waals surface area contributed by atoms with Crippen molar-refractivity contribution in [3.8, 4) is 22.8 Å². The number of pyridine rings is 1. The summed E-state index contributed by atoms with van der Waals surface area (Å²) in [4.78, 5) is 22.9. The van der Waals surface area contributed by atoms with Crippen LogP contribution in [-0.4, -0.2) is 84.0 Å². The van der Waals surface area contributed by atoms with Gasteiger partial charge < -0.3 is 19.3 Å². The molecule has 1 saturated heterocycles. The van der Waals surface area contributed by atoms with Crippen molar-refractivity contribution < 1.29 is 14.3 Å². The first kappa shape index (κ1) is 21.9. The highest BCUT2D eigenvalue weighted by atomic mass is 32.2. The van der Waals surface area contributed by atoms with Gasteiger partial charge in [-0.15, -0.1) is 11.8 Å². The van der Waals surface area contributed by atoms with E-state index < -0.39 is 0 Å². The van der Waals surface area contributed by atoms with Crippen LogP contribution in [0.2, 0.25) is 0 Å². The van der Waals surface area contributed by atoms with E-state index in [0.717, 1.165) is 29.1 Å². The molecule has 33 heavy (non-hydrogen) atoms. The molecular weight excluding hydrogens is 438 g/mol. The van der Waals surface area contributed by atoms with Gasteiger partial charge in [-0.1, -0.05) is 18.2 Å². The van der Waals surface area contributed by atoms with Crippen LogP contribution in [0.4, 0.5) is 0 Å². The zero-order valence-electron chi connectivity index (χ0n) is 18.9. The summed E-state index contributed by atoms with van der Waals surface area (Å²) in [5.41, 5.74) is 4.36. The summed E-state index contributed by atoms with van der Waals surface area (Å²) >= 11 is 1.74. The molecular formula is C24H27N5O3S. The number of carbonyl (C=O) groups excluding carboxylic acids is 1. The van der Waals surface area contributed by atoms with E-state index in [9.17, 15) is 4.79 Å². The maximum absolute atomic E-state index is 13.4. The van der Waals surface area contributed by atoms with Crippen LogP contribution in [0.1, 0.15) is 16.1 Å². The summed E-state index contributed by atoms with van der Waals surface area (Å²) in [7, 11) is 4.01. The van der Waals surface area contributed by atoms with Crippen molar-refractivity contribution in [1.82, 2.24) is 24.6 Å². The van der Waals surface area contributed by atoms with Crippen molar-refractivity contribution in [2.45, 2.75) is 10.6 Å². The minimum absolute atomic E-state index is 0.0372. The summed E-state index contributed by atoms with van der Waals surface area (Å²) in [5.74, 6) is 1.21. The molecule has 2 aliphatic rings. The summed E-state index contributed by atoms with van der Waals surface area (Å²) in [6.45, 7) is 3.63. The van der Waals surface area contributed by atoms with Crippen LogP contribution in [0.15, 0.2) is 47.5 Å². The third-order valence-corrected chi connectivity index (χ3v) is 6.85.